The van der Waals surface area contributed by atoms with Crippen LogP contribution >= 0.6 is 0 Å². The predicted molar refractivity (Wildman–Crippen MR) is 70.0 cm³/mol. The fraction of sp³-hybridized carbons (Fsp3) is 0.357. The van der Waals surface area contributed by atoms with Crippen molar-refractivity contribution in [3.8, 4) is 5.75 Å². The Morgan fingerprint density at radius 1 is 1.28 bits per heavy atom. The van der Waals surface area contributed by atoms with Crippen molar-refractivity contribution in [2.24, 2.45) is 0 Å². The second-order valence-electron chi connectivity index (χ2n) is 4.01. The Balaban J connectivity index is 3.30. The Morgan fingerprint density at radius 3 is 2.44 bits per heavy atom. The van der Waals surface area contributed by atoms with E-state index in [0.29, 0.717) is 5.57 Å². The van der Waals surface area contributed by atoms with Gasteiger partial charge < -0.3 is 14.6 Å². The summed E-state index contributed by atoms with van der Waals surface area (Å²) < 4.78 is 10.3. The summed E-state index contributed by atoms with van der Waals surface area (Å²) in [5.74, 6) is -0.182. The molecule has 1 rings (SSSR count). The van der Waals surface area contributed by atoms with Gasteiger partial charge in [-0.3, -0.25) is 0 Å². The van der Waals surface area contributed by atoms with E-state index in [1.807, 2.05) is 26.0 Å². The van der Waals surface area contributed by atoms with Gasteiger partial charge in [-0.25, -0.2) is 4.79 Å². The molecule has 18 heavy (non-hydrogen) atoms. The highest BCUT2D eigenvalue weighted by atomic mass is 16.5. The van der Waals surface area contributed by atoms with E-state index in [1.54, 1.807) is 14.2 Å². The highest BCUT2D eigenvalue weighted by Crippen LogP contribution is 2.28. The van der Waals surface area contributed by atoms with Crippen LogP contribution in [0.5, 0.6) is 5.75 Å². The molecule has 0 saturated heterocycles. The Morgan fingerprint density at radius 2 is 1.94 bits per heavy atom. The highest BCUT2D eigenvalue weighted by Gasteiger charge is 2.11. The molecule has 98 valence electrons. The predicted octanol–water partition coefficient (Wildman–Crippen LogP) is 2.43. The van der Waals surface area contributed by atoms with Crippen molar-refractivity contribution in [1.29, 1.82) is 0 Å². The van der Waals surface area contributed by atoms with Gasteiger partial charge >= 0.3 is 5.97 Å². The number of benzene rings is 1. The monoisotopic (exact) mass is 250 g/mol. The van der Waals surface area contributed by atoms with Crippen LogP contribution in [-0.4, -0.2) is 31.9 Å². The zero-order valence-corrected chi connectivity index (χ0v) is 11.1. The van der Waals surface area contributed by atoms with Gasteiger partial charge in [0.1, 0.15) is 5.75 Å². The largest absolute Gasteiger partial charge is 0.496 e. The summed E-state index contributed by atoms with van der Waals surface area (Å²) in [6.07, 6.45) is 1.18. The molecule has 0 aliphatic rings. The van der Waals surface area contributed by atoms with Crippen LogP contribution in [0.1, 0.15) is 16.7 Å². The maximum atomic E-state index is 10.8. The molecule has 0 heterocycles. The SMILES string of the molecule is COC/C(=C\C(=O)O)c1ccc(OC)c(C)c1C. The molecule has 0 aliphatic carbocycles. The van der Waals surface area contributed by atoms with Crippen LogP contribution in [0.4, 0.5) is 0 Å². The van der Waals surface area contributed by atoms with Crippen LogP contribution in [0.2, 0.25) is 0 Å². The zero-order valence-electron chi connectivity index (χ0n) is 11.1. The van der Waals surface area contributed by atoms with Crippen LogP contribution in [0.15, 0.2) is 18.2 Å². The third-order valence-electron chi connectivity index (χ3n) is 2.90. The number of rotatable bonds is 5. The van der Waals surface area contributed by atoms with Gasteiger partial charge in [-0.05, 0) is 42.2 Å². The van der Waals surface area contributed by atoms with E-state index in [-0.39, 0.29) is 6.61 Å². The average molecular weight is 250 g/mol. The summed E-state index contributed by atoms with van der Waals surface area (Å²) in [5.41, 5.74) is 3.52. The standard InChI is InChI=1S/C14H18O4/c1-9-10(2)13(18-4)6-5-12(9)11(8-17-3)7-14(15)16/h5-7H,8H2,1-4H3,(H,15,16)/b11-7+. The van der Waals surface area contributed by atoms with Gasteiger partial charge in [0.15, 0.2) is 0 Å². The molecule has 0 atom stereocenters. The van der Waals surface area contributed by atoms with E-state index < -0.39 is 5.97 Å². The smallest absolute Gasteiger partial charge is 0.328 e. The van der Waals surface area contributed by atoms with Gasteiger partial charge in [-0.2, -0.15) is 0 Å². The van der Waals surface area contributed by atoms with Crippen LogP contribution < -0.4 is 4.74 Å². The van der Waals surface area contributed by atoms with Crippen LogP contribution in [0.25, 0.3) is 5.57 Å². The van der Waals surface area contributed by atoms with E-state index in [2.05, 4.69) is 0 Å². The highest BCUT2D eigenvalue weighted by molar-refractivity contribution is 5.91. The van der Waals surface area contributed by atoms with Gasteiger partial charge in [0.2, 0.25) is 0 Å². The zero-order chi connectivity index (χ0) is 13.7. The quantitative estimate of drug-likeness (QED) is 0.815. The lowest BCUT2D eigenvalue weighted by Gasteiger charge is -2.14. The first-order valence-corrected chi connectivity index (χ1v) is 5.58. The third-order valence-corrected chi connectivity index (χ3v) is 2.90. The number of aliphatic carboxylic acids is 1. The van der Waals surface area contributed by atoms with Crippen molar-refractivity contribution in [3.63, 3.8) is 0 Å². The molecule has 0 amide bonds. The Bertz CT molecular complexity index is 475. The molecule has 0 unspecified atom stereocenters. The molecule has 4 nitrogen and oxygen atoms in total. The van der Waals surface area contributed by atoms with Crippen molar-refractivity contribution in [2.75, 3.05) is 20.8 Å². The van der Waals surface area contributed by atoms with Crippen LogP contribution in [-0.2, 0) is 9.53 Å². The van der Waals surface area contributed by atoms with Crippen LogP contribution in [0, 0.1) is 13.8 Å². The number of carboxylic acid groups (broad SMARTS) is 1. The first-order valence-electron chi connectivity index (χ1n) is 5.58. The van der Waals surface area contributed by atoms with Gasteiger partial charge in [0.05, 0.1) is 13.7 Å². The number of ether oxygens (including phenoxy) is 2. The number of carboxylic acids is 1. The average Bonchev–Trinajstić information content (AvgIpc) is 2.31. The van der Waals surface area contributed by atoms with Crippen molar-refractivity contribution >= 4 is 11.5 Å². The summed E-state index contributed by atoms with van der Waals surface area (Å²) in [5, 5.41) is 8.88. The van der Waals surface area contributed by atoms with Crippen molar-refractivity contribution < 1.29 is 19.4 Å². The molecule has 0 fully saturated rings. The summed E-state index contributed by atoms with van der Waals surface area (Å²) in [6.45, 7) is 4.15. The molecule has 0 aliphatic heterocycles. The molecular weight excluding hydrogens is 232 g/mol. The lowest BCUT2D eigenvalue weighted by atomic mass is 9.96. The second-order valence-corrected chi connectivity index (χ2v) is 4.01. The van der Waals surface area contributed by atoms with Crippen molar-refractivity contribution in [2.45, 2.75) is 13.8 Å². The van der Waals surface area contributed by atoms with Gasteiger partial charge in [0, 0.05) is 13.2 Å². The number of hydrogen-bond acceptors (Lipinski definition) is 3. The number of carbonyl (C=O) groups is 1. The van der Waals surface area contributed by atoms with E-state index in [9.17, 15) is 4.79 Å². The molecule has 1 aromatic rings. The maximum Gasteiger partial charge on any atom is 0.328 e. The summed E-state index contributed by atoms with van der Waals surface area (Å²) in [6, 6.07) is 3.69. The first kappa shape index (κ1) is 14.3. The summed E-state index contributed by atoms with van der Waals surface area (Å²) in [4.78, 5) is 10.8. The fourth-order valence-corrected chi connectivity index (χ4v) is 1.87. The molecule has 4 heteroatoms. The second kappa shape index (κ2) is 6.21. The molecule has 1 N–H and O–H groups in total. The molecule has 0 bridgehead atoms. The van der Waals surface area contributed by atoms with E-state index in [1.165, 1.54) is 6.08 Å². The number of methoxy groups -OCH3 is 2. The molecule has 0 aromatic heterocycles. The lowest BCUT2D eigenvalue weighted by Crippen LogP contribution is -2.02. The van der Waals surface area contributed by atoms with E-state index >= 15 is 0 Å². The van der Waals surface area contributed by atoms with Gasteiger partial charge in [-0.15, -0.1) is 0 Å². The third kappa shape index (κ3) is 3.11. The molecule has 0 spiro atoms. The Hall–Kier alpha value is -1.81. The molecule has 0 radical (unpaired) electrons. The molecule has 1 aromatic carbocycles. The minimum atomic E-state index is -0.977. The van der Waals surface area contributed by atoms with E-state index in [4.69, 9.17) is 14.6 Å². The van der Waals surface area contributed by atoms with Crippen molar-refractivity contribution in [1.82, 2.24) is 0 Å². The maximum absolute atomic E-state index is 10.8. The van der Waals surface area contributed by atoms with Gasteiger partial charge in [-0.1, -0.05) is 6.07 Å². The van der Waals surface area contributed by atoms with Crippen molar-refractivity contribution in [3.05, 3.63) is 34.9 Å². The van der Waals surface area contributed by atoms with Crippen LogP contribution in [0.3, 0.4) is 0 Å². The fourth-order valence-electron chi connectivity index (χ4n) is 1.87. The number of hydrogen-bond donors (Lipinski definition) is 1. The van der Waals surface area contributed by atoms with Gasteiger partial charge in [0.25, 0.3) is 0 Å². The van der Waals surface area contributed by atoms with E-state index in [0.717, 1.165) is 22.4 Å². The molecular formula is C14H18O4. The summed E-state index contributed by atoms with van der Waals surface area (Å²) in [7, 11) is 3.16. The lowest BCUT2D eigenvalue weighted by molar-refractivity contribution is -0.131. The summed E-state index contributed by atoms with van der Waals surface area (Å²) >= 11 is 0. The first-order chi connectivity index (χ1) is 8.51. The molecule has 0 saturated carbocycles. The Kier molecular flexibility index (Phi) is 4.92. The normalized spacial score (nSPS) is 11.4. The Labute approximate surface area is 107 Å². The topological polar surface area (TPSA) is 55.8 Å². The minimum absolute atomic E-state index is 0.263. The minimum Gasteiger partial charge on any atom is -0.496 e.